The molecular weight excluding hydrogens is 784 g/mol. The van der Waals surface area contributed by atoms with E-state index in [9.17, 15) is 18.8 Å². The third-order valence-electron chi connectivity index (χ3n) is 12.3. The van der Waals surface area contributed by atoms with E-state index < -0.39 is 6.17 Å². The van der Waals surface area contributed by atoms with Crippen molar-refractivity contribution in [3.8, 4) is 22.5 Å². The standard InChI is InChI=1S/C49H55FN8O4/c1-6-55(7-2)30-44(59)57(28-31(5)50)29-43-51-26-38(53-43)34-17-20-36-33(24-34)19-22-41-45(36)47(60)37-21-18-35(25-42(37)62-41)39-27-52-48(54-39)40-16-13-23-58(40)49(61)46(56(8-3)9-4)32-14-11-10-12-15-32/h10-12,14-15,17-22,24-27,31,40,46H,6-9,13,16,23,28-30H2,1-5H3,(H,51,53)(H,52,54)/t31-,40+,46-/m1/s1. The number of benzene rings is 4. The van der Waals surface area contributed by atoms with Crippen LogP contribution in [0.25, 0.3) is 55.2 Å². The Kier molecular flexibility index (Phi) is 12.6. The van der Waals surface area contributed by atoms with Crippen LogP contribution >= 0.6 is 0 Å². The van der Waals surface area contributed by atoms with Crippen molar-refractivity contribution in [2.24, 2.45) is 0 Å². The van der Waals surface area contributed by atoms with E-state index in [-0.39, 0.29) is 49.0 Å². The number of aromatic nitrogens is 4. The van der Waals surface area contributed by atoms with Crippen molar-refractivity contribution in [1.29, 1.82) is 0 Å². The van der Waals surface area contributed by atoms with E-state index in [1.165, 1.54) is 11.8 Å². The smallest absolute Gasteiger partial charge is 0.245 e. The summed E-state index contributed by atoms with van der Waals surface area (Å²) in [6.45, 7) is 13.6. The van der Waals surface area contributed by atoms with Gasteiger partial charge in [0.05, 0.1) is 60.2 Å². The number of nitrogens with one attached hydrogen (secondary N) is 2. The Morgan fingerprint density at radius 2 is 1.56 bits per heavy atom. The molecule has 2 N–H and O–H groups in total. The minimum atomic E-state index is -1.17. The quantitative estimate of drug-likeness (QED) is 0.0730. The number of nitrogens with zero attached hydrogens (tertiary/aromatic N) is 6. The zero-order chi connectivity index (χ0) is 43.5. The Balaban J connectivity index is 1.03. The Bertz CT molecular complexity index is 2750. The van der Waals surface area contributed by atoms with Crippen molar-refractivity contribution < 1.29 is 18.4 Å². The Labute approximate surface area is 360 Å². The van der Waals surface area contributed by atoms with Crippen LogP contribution in [0.3, 0.4) is 0 Å². The number of likely N-dealkylation sites (tertiary alicyclic amines) is 1. The van der Waals surface area contributed by atoms with Gasteiger partial charge in [-0.25, -0.2) is 14.4 Å². The SMILES string of the molecule is CCN(CC)CC(=O)N(Cc1ncc(-c2ccc3c(ccc4oc5cc(-c6cnc([C@@H]7CCCN7C(=O)[C@@H](c7ccccc7)N(CC)CC)[nH]6)ccc5c(=O)c43)c2)[nH]1)C[C@@H](C)F. The lowest BCUT2D eigenvalue weighted by atomic mass is 10.0. The Hall–Kier alpha value is -6.18. The average molecular weight is 839 g/mol. The number of hydrogen-bond acceptors (Lipinski definition) is 8. The highest BCUT2D eigenvalue weighted by Crippen LogP contribution is 2.36. The van der Waals surface area contributed by atoms with E-state index in [2.05, 4.69) is 33.7 Å². The lowest BCUT2D eigenvalue weighted by Crippen LogP contribution is -2.43. The van der Waals surface area contributed by atoms with Crippen molar-refractivity contribution in [1.82, 2.24) is 39.5 Å². The van der Waals surface area contributed by atoms with E-state index in [0.717, 1.165) is 83.7 Å². The van der Waals surface area contributed by atoms with E-state index in [1.807, 2.05) is 96.4 Å². The number of amides is 2. The van der Waals surface area contributed by atoms with Gasteiger partial charge in [-0.05, 0) is 86.5 Å². The molecule has 3 aromatic heterocycles. The van der Waals surface area contributed by atoms with Gasteiger partial charge in [-0.1, -0.05) is 82.3 Å². The van der Waals surface area contributed by atoms with E-state index in [0.29, 0.717) is 34.3 Å². The fraction of sp³-hybridized carbons (Fsp3) is 0.367. The maximum atomic E-state index is 14.3. The summed E-state index contributed by atoms with van der Waals surface area (Å²) >= 11 is 0. The molecule has 1 aliphatic rings. The van der Waals surface area contributed by atoms with Crippen LogP contribution in [-0.4, -0.2) is 103 Å². The molecule has 0 radical (unpaired) electrons. The number of H-pyrrole nitrogens is 2. The summed E-state index contributed by atoms with van der Waals surface area (Å²) in [5, 5.41) is 2.58. The second-order valence-corrected chi connectivity index (χ2v) is 16.2. The zero-order valence-corrected chi connectivity index (χ0v) is 36.2. The molecule has 1 fully saturated rings. The van der Waals surface area contributed by atoms with Crippen LogP contribution in [0.2, 0.25) is 0 Å². The average Bonchev–Trinajstić information content (AvgIpc) is 4.09. The molecule has 4 heterocycles. The number of hydrogen-bond donors (Lipinski definition) is 2. The molecule has 0 spiro atoms. The van der Waals surface area contributed by atoms with Crippen molar-refractivity contribution >= 4 is 44.5 Å². The highest BCUT2D eigenvalue weighted by molar-refractivity contribution is 6.09. The summed E-state index contributed by atoms with van der Waals surface area (Å²) in [6.07, 6.45) is 4.03. The van der Waals surface area contributed by atoms with Crippen molar-refractivity contribution in [2.75, 3.05) is 45.8 Å². The molecule has 62 heavy (non-hydrogen) atoms. The molecule has 2 amide bonds. The van der Waals surface area contributed by atoms with Crippen molar-refractivity contribution in [3.63, 3.8) is 0 Å². The number of aromatic amines is 2. The van der Waals surface area contributed by atoms with E-state index >= 15 is 0 Å². The Morgan fingerprint density at radius 1 is 0.855 bits per heavy atom. The molecule has 13 heteroatoms. The number of halogens is 1. The maximum Gasteiger partial charge on any atom is 0.245 e. The van der Waals surface area contributed by atoms with Crippen LogP contribution in [0.1, 0.15) is 76.8 Å². The monoisotopic (exact) mass is 838 g/mol. The second-order valence-electron chi connectivity index (χ2n) is 16.2. The Morgan fingerprint density at radius 3 is 2.29 bits per heavy atom. The molecule has 4 aromatic carbocycles. The summed E-state index contributed by atoms with van der Waals surface area (Å²) in [5.74, 6) is 1.24. The number of carbonyl (C=O) groups is 2. The van der Waals surface area contributed by atoms with Gasteiger partial charge in [0.2, 0.25) is 17.2 Å². The number of alkyl halides is 1. The predicted molar refractivity (Wildman–Crippen MR) is 242 cm³/mol. The van der Waals surface area contributed by atoms with Gasteiger partial charge in [0.15, 0.2) is 0 Å². The van der Waals surface area contributed by atoms with Crippen LogP contribution in [0.5, 0.6) is 0 Å². The van der Waals surface area contributed by atoms with Crippen molar-refractivity contribution in [2.45, 2.75) is 72.3 Å². The van der Waals surface area contributed by atoms with E-state index in [1.54, 1.807) is 18.5 Å². The fourth-order valence-electron chi connectivity index (χ4n) is 8.94. The van der Waals surface area contributed by atoms with Crippen LogP contribution in [0.4, 0.5) is 4.39 Å². The van der Waals surface area contributed by atoms with Gasteiger partial charge in [0, 0.05) is 17.7 Å². The van der Waals surface area contributed by atoms with Crippen LogP contribution < -0.4 is 5.43 Å². The molecule has 0 unspecified atom stereocenters. The molecule has 1 aliphatic heterocycles. The van der Waals surface area contributed by atoms with Gasteiger partial charge >= 0.3 is 0 Å². The minimum absolute atomic E-state index is 0.0157. The third-order valence-corrected chi connectivity index (χ3v) is 12.3. The van der Waals surface area contributed by atoms with E-state index in [4.69, 9.17) is 9.40 Å². The molecule has 0 saturated carbocycles. The normalized spacial score (nSPS) is 15.4. The number of rotatable bonds is 16. The topological polar surface area (TPSA) is 135 Å². The first-order valence-corrected chi connectivity index (χ1v) is 21.9. The summed E-state index contributed by atoms with van der Waals surface area (Å²) in [7, 11) is 0. The number of carbonyl (C=O) groups excluding carboxylic acids is 2. The predicted octanol–water partition coefficient (Wildman–Crippen LogP) is 8.65. The van der Waals surface area contributed by atoms with Gasteiger partial charge in [-0.15, -0.1) is 0 Å². The molecule has 7 aromatic rings. The first kappa shape index (κ1) is 42.5. The van der Waals surface area contributed by atoms with Crippen LogP contribution in [0, 0.1) is 0 Å². The van der Waals surface area contributed by atoms with Crippen LogP contribution in [0.15, 0.2) is 100 Å². The van der Waals surface area contributed by atoms with Gasteiger partial charge in [-0.2, -0.15) is 0 Å². The molecule has 0 bridgehead atoms. The van der Waals surface area contributed by atoms with Gasteiger partial charge in [0.1, 0.15) is 35.0 Å². The molecule has 3 atom stereocenters. The summed E-state index contributed by atoms with van der Waals surface area (Å²) in [4.78, 5) is 65.5. The second kappa shape index (κ2) is 18.4. The molecule has 322 valence electrons. The minimum Gasteiger partial charge on any atom is -0.456 e. The first-order chi connectivity index (χ1) is 30.1. The summed E-state index contributed by atoms with van der Waals surface area (Å²) in [5.41, 5.74) is 5.00. The molecule has 12 nitrogen and oxygen atoms in total. The first-order valence-electron chi connectivity index (χ1n) is 21.9. The molecule has 1 saturated heterocycles. The molecular formula is C49H55FN8O4. The maximum absolute atomic E-state index is 14.3. The van der Waals surface area contributed by atoms with Gasteiger partial charge in [0.25, 0.3) is 0 Å². The number of imidazole rings is 2. The number of fused-ring (bicyclic) bond motifs is 4. The molecule has 8 rings (SSSR count). The summed E-state index contributed by atoms with van der Waals surface area (Å²) < 4.78 is 20.6. The third kappa shape index (κ3) is 8.51. The highest BCUT2D eigenvalue weighted by atomic mass is 19.1. The lowest BCUT2D eigenvalue weighted by molar-refractivity contribution is -0.138. The fourth-order valence-corrected chi connectivity index (χ4v) is 8.94. The van der Waals surface area contributed by atoms with Gasteiger partial charge in [-0.3, -0.25) is 24.2 Å². The molecule has 0 aliphatic carbocycles. The zero-order valence-electron chi connectivity index (χ0n) is 36.2. The largest absolute Gasteiger partial charge is 0.456 e. The highest BCUT2D eigenvalue weighted by Gasteiger charge is 2.38. The summed E-state index contributed by atoms with van der Waals surface area (Å²) in [6, 6.07) is 24.6. The van der Waals surface area contributed by atoms with Crippen molar-refractivity contribution in [3.05, 3.63) is 119 Å². The lowest BCUT2D eigenvalue weighted by Gasteiger charge is -2.34. The number of likely N-dealkylation sites (N-methyl/N-ethyl adjacent to an activating group) is 2. The van der Waals surface area contributed by atoms with Crippen LogP contribution in [-0.2, 0) is 16.1 Å². The van der Waals surface area contributed by atoms with Gasteiger partial charge < -0.3 is 24.2 Å².